The Balaban J connectivity index is 1.30. The minimum absolute atomic E-state index is 0.129. The molecule has 9 nitrogen and oxygen atoms in total. The second-order valence-corrected chi connectivity index (χ2v) is 11.1. The van der Waals surface area contributed by atoms with Crippen molar-refractivity contribution in [3.05, 3.63) is 72.3 Å². The number of hydrogen-bond donors (Lipinski definition) is 3. The van der Waals surface area contributed by atoms with Gasteiger partial charge in [0.15, 0.2) is 11.5 Å². The Kier molecular flexibility index (Phi) is 12.3. The fourth-order valence-electron chi connectivity index (χ4n) is 5.27. The molecule has 3 N–H and O–H groups in total. The molecular weight excluding hydrogens is 554 g/mol. The van der Waals surface area contributed by atoms with Gasteiger partial charge >= 0.3 is 6.03 Å². The third-order valence-electron chi connectivity index (χ3n) is 7.99. The van der Waals surface area contributed by atoms with Crippen LogP contribution in [-0.4, -0.2) is 62.7 Å². The van der Waals surface area contributed by atoms with Gasteiger partial charge in [0.1, 0.15) is 5.75 Å². The molecule has 1 fully saturated rings. The summed E-state index contributed by atoms with van der Waals surface area (Å²) in [7, 11) is 1.55. The van der Waals surface area contributed by atoms with Crippen LogP contribution in [0.15, 0.2) is 66.7 Å². The SMILES string of the molecule is CCCCN1CCCN(c2ccc(C(=O)Nc3ccc(Oc4ccc(NC(=O)NC(CC)CC)cc4OC)cc3)cc2)CC1. The molecule has 44 heavy (non-hydrogen) atoms. The van der Waals surface area contributed by atoms with Crippen LogP contribution in [0.2, 0.25) is 0 Å². The van der Waals surface area contributed by atoms with E-state index in [9.17, 15) is 9.59 Å². The van der Waals surface area contributed by atoms with E-state index in [0.717, 1.165) is 51.1 Å². The number of unbranched alkanes of at least 4 members (excludes halogenated alkanes) is 1. The van der Waals surface area contributed by atoms with Crippen LogP contribution in [0.25, 0.3) is 0 Å². The lowest BCUT2D eigenvalue weighted by molar-refractivity contribution is 0.102. The predicted octanol–water partition coefficient (Wildman–Crippen LogP) is 7.36. The summed E-state index contributed by atoms with van der Waals surface area (Å²) in [5, 5.41) is 8.77. The highest BCUT2D eigenvalue weighted by Gasteiger charge is 2.16. The van der Waals surface area contributed by atoms with Crippen molar-refractivity contribution in [1.29, 1.82) is 0 Å². The Morgan fingerprint density at radius 1 is 0.818 bits per heavy atom. The normalized spacial score (nSPS) is 13.7. The van der Waals surface area contributed by atoms with Crippen LogP contribution < -0.4 is 30.3 Å². The van der Waals surface area contributed by atoms with Gasteiger partial charge in [-0.25, -0.2) is 4.79 Å². The number of carbonyl (C=O) groups is 2. The number of rotatable bonds is 13. The molecule has 3 amide bonds. The molecule has 1 saturated heterocycles. The number of amides is 3. The molecule has 0 radical (unpaired) electrons. The molecule has 0 spiro atoms. The number of urea groups is 1. The summed E-state index contributed by atoms with van der Waals surface area (Å²) in [6.45, 7) is 11.8. The van der Waals surface area contributed by atoms with Gasteiger partial charge in [0.25, 0.3) is 5.91 Å². The molecule has 3 aromatic carbocycles. The first kappa shape index (κ1) is 32.7. The predicted molar refractivity (Wildman–Crippen MR) is 179 cm³/mol. The first-order chi connectivity index (χ1) is 21.4. The molecule has 1 heterocycles. The lowest BCUT2D eigenvalue weighted by Crippen LogP contribution is -2.37. The first-order valence-corrected chi connectivity index (χ1v) is 15.8. The molecular formula is C35H47N5O4. The third-order valence-corrected chi connectivity index (χ3v) is 7.99. The number of ether oxygens (including phenoxy) is 2. The van der Waals surface area contributed by atoms with E-state index in [1.807, 2.05) is 38.1 Å². The number of methoxy groups -OCH3 is 1. The third kappa shape index (κ3) is 9.38. The second-order valence-electron chi connectivity index (χ2n) is 11.1. The fraction of sp³-hybridized carbons (Fsp3) is 0.429. The highest BCUT2D eigenvalue weighted by molar-refractivity contribution is 6.04. The smallest absolute Gasteiger partial charge is 0.319 e. The van der Waals surface area contributed by atoms with Crippen molar-refractivity contribution in [3.63, 3.8) is 0 Å². The van der Waals surface area contributed by atoms with Crippen molar-refractivity contribution in [1.82, 2.24) is 10.2 Å². The van der Waals surface area contributed by atoms with E-state index in [1.165, 1.54) is 19.4 Å². The highest BCUT2D eigenvalue weighted by atomic mass is 16.5. The Labute approximate surface area is 261 Å². The number of benzene rings is 3. The van der Waals surface area contributed by atoms with Crippen molar-refractivity contribution in [2.75, 3.05) is 55.4 Å². The van der Waals surface area contributed by atoms with E-state index in [4.69, 9.17) is 9.47 Å². The maximum absolute atomic E-state index is 12.9. The van der Waals surface area contributed by atoms with E-state index in [2.05, 4.69) is 32.7 Å². The summed E-state index contributed by atoms with van der Waals surface area (Å²) in [5.74, 6) is 1.42. The van der Waals surface area contributed by atoms with Crippen molar-refractivity contribution < 1.29 is 19.1 Å². The average Bonchev–Trinajstić information content (AvgIpc) is 3.30. The van der Waals surface area contributed by atoms with Crippen LogP contribution in [0.1, 0.15) is 63.2 Å². The minimum atomic E-state index is -0.255. The second kappa shape index (κ2) is 16.6. The summed E-state index contributed by atoms with van der Waals surface area (Å²) in [6, 6.07) is 20.1. The van der Waals surface area contributed by atoms with Crippen LogP contribution in [0.4, 0.5) is 21.9 Å². The summed E-state index contributed by atoms with van der Waals surface area (Å²) < 4.78 is 11.5. The number of carbonyl (C=O) groups excluding carboxylic acids is 2. The van der Waals surface area contributed by atoms with Crippen molar-refractivity contribution in [2.45, 2.75) is 58.9 Å². The zero-order valence-electron chi connectivity index (χ0n) is 26.5. The van der Waals surface area contributed by atoms with Crippen LogP contribution in [0.5, 0.6) is 17.2 Å². The monoisotopic (exact) mass is 601 g/mol. The molecule has 0 atom stereocenters. The molecule has 4 rings (SSSR count). The van der Waals surface area contributed by atoms with Crippen LogP contribution >= 0.6 is 0 Å². The van der Waals surface area contributed by atoms with E-state index < -0.39 is 0 Å². The van der Waals surface area contributed by atoms with Crippen LogP contribution in [0, 0.1) is 0 Å². The standard InChI is InChI=1S/C35H47N5O4/c1-5-8-20-39-21-9-22-40(24-23-39)30-15-10-26(11-16-30)34(41)36-28-12-17-31(18-13-28)44-32-19-14-29(25-33(32)43-4)38-35(42)37-27(6-2)7-3/h10-19,25,27H,5-9,20-24H2,1-4H3,(H,36,41)(H2,37,38,42). The lowest BCUT2D eigenvalue weighted by atomic mass is 10.1. The zero-order valence-corrected chi connectivity index (χ0v) is 26.5. The molecule has 1 aliphatic rings. The van der Waals surface area contributed by atoms with Crippen molar-refractivity contribution >= 4 is 29.0 Å². The Bertz CT molecular complexity index is 1340. The van der Waals surface area contributed by atoms with Gasteiger partial charge in [-0.15, -0.1) is 0 Å². The van der Waals surface area contributed by atoms with E-state index in [0.29, 0.717) is 34.2 Å². The van der Waals surface area contributed by atoms with Gasteiger partial charge in [-0.1, -0.05) is 27.2 Å². The first-order valence-electron chi connectivity index (χ1n) is 15.8. The van der Waals surface area contributed by atoms with Gasteiger partial charge in [-0.05, 0) is 99.4 Å². The topological polar surface area (TPSA) is 95.2 Å². The summed E-state index contributed by atoms with van der Waals surface area (Å²) in [5.41, 5.74) is 3.04. The molecule has 0 aromatic heterocycles. The Morgan fingerprint density at radius 2 is 1.55 bits per heavy atom. The minimum Gasteiger partial charge on any atom is -0.493 e. The van der Waals surface area contributed by atoms with Gasteiger partial charge in [0.05, 0.1) is 7.11 Å². The fourth-order valence-corrected chi connectivity index (χ4v) is 5.27. The van der Waals surface area contributed by atoms with Crippen LogP contribution in [-0.2, 0) is 0 Å². The summed E-state index contributed by atoms with van der Waals surface area (Å²) in [4.78, 5) is 30.2. The quantitative estimate of drug-likeness (QED) is 0.189. The number of anilines is 3. The zero-order chi connectivity index (χ0) is 31.3. The van der Waals surface area contributed by atoms with Crippen LogP contribution in [0.3, 0.4) is 0 Å². The molecule has 0 saturated carbocycles. The van der Waals surface area contributed by atoms with Crippen molar-refractivity contribution in [3.8, 4) is 17.2 Å². The molecule has 9 heteroatoms. The maximum Gasteiger partial charge on any atom is 0.319 e. The lowest BCUT2D eigenvalue weighted by Gasteiger charge is -2.23. The molecule has 0 unspecified atom stereocenters. The van der Waals surface area contributed by atoms with Gasteiger partial charge in [-0.3, -0.25) is 4.79 Å². The van der Waals surface area contributed by atoms with E-state index in [1.54, 1.807) is 49.6 Å². The van der Waals surface area contributed by atoms with Gasteiger partial charge in [-0.2, -0.15) is 0 Å². The summed E-state index contributed by atoms with van der Waals surface area (Å²) >= 11 is 0. The number of nitrogens with one attached hydrogen (secondary N) is 3. The Hall–Kier alpha value is -4.24. The summed E-state index contributed by atoms with van der Waals surface area (Å²) in [6.07, 6.45) is 5.37. The van der Waals surface area contributed by atoms with E-state index in [-0.39, 0.29) is 18.0 Å². The highest BCUT2D eigenvalue weighted by Crippen LogP contribution is 2.34. The van der Waals surface area contributed by atoms with Gasteiger partial charge in [0, 0.05) is 54.4 Å². The molecule has 3 aromatic rings. The number of hydrogen-bond acceptors (Lipinski definition) is 6. The van der Waals surface area contributed by atoms with E-state index >= 15 is 0 Å². The van der Waals surface area contributed by atoms with Crippen molar-refractivity contribution in [2.24, 2.45) is 0 Å². The molecule has 236 valence electrons. The largest absolute Gasteiger partial charge is 0.493 e. The Morgan fingerprint density at radius 3 is 2.23 bits per heavy atom. The van der Waals surface area contributed by atoms with Gasteiger partial charge < -0.3 is 35.2 Å². The molecule has 0 bridgehead atoms. The average molecular weight is 602 g/mol. The maximum atomic E-state index is 12.9. The molecule has 1 aliphatic heterocycles. The van der Waals surface area contributed by atoms with Gasteiger partial charge in [0.2, 0.25) is 0 Å². The molecule has 0 aliphatic carbocycles. The number of nitrogens with zero attached hydrogens (tertiary/aromatic N) is 2.